The summed E-state index contributed by atoms with van der Waals surface area (Å²) in [6.07, 6.45) is 4.40. The molecule has 1 aliphatic carbocycles. The number of thioether (sulfide) groups is 1. The van der Waals surface area contributed by atoms with Crippen molar-refractivity contribution in [1.29, 1.82) is 0 Å². The zero-order valence-corrected chi connectivity index (χ0v) is 13.4. The van der Waals surface area contributed by atoms with Crippen LogP contribution in [0.3, 0.4) is 0 Å². The minimum absolute atomic E-state index is 0.0117. The number of rotatable bonds is 6. The molecule has 8 heteroatoms. The summed E-state index contributed by atoms with van der Waals surface area (Å²) in [6, 6.07) is 0. The van der Waals surface area contributed by atoms with Gasteiger partial charge in [-0.2, -0.15) is 0 Å². The summed E-state index contributed by atoms with van der Waals surface area (Å²) in [7, 11) is 3.21. The predicted octanol–water partition coefficient (Wildman–Crippen LogP) is 1.36. The third kappa shape index (κ3) is 2.89. The fourth-order valence-electron chi connectivity index (χ4n) is 2.58. The topological polar surface area (TPSA) is 82.0 Å². The molecule has 0 aliphatic heterocycles. The van der Waals surface area contributed by atoms with Crippen LogP contribution in [-0.2, 0) is 30.1 Å². The number of hydrogen-bond donors (Lipinski definition) is 1. The summed E-state index contributed by atoms with van der Waals surface area (Å²) in [5, 5.41) is 0.637. The van der Waals surface area contributed by atoms with Crippen LogP contribution in [-0.4, -0.2) is 33.7 Å². The Morgan fingerprint density at radius 3 is 3.05 bits per heavy atom. The molecule has 2 heterocycles. The Morgan fingerprint density at radius 2 is 2.27 bits per heavy atom. The molecule has 2 aromatic heterocycles. The van der Waals surface area contributed by atoms with Crippen LogP contribution >= 0.6 is 11.8 Å². The van der Waals surface area contributed by atoms with Crippen LogP contribution in [0.5, 0.6) is 5.88 Å². The van der Waals surface area contributed by atoms with Gasteiger partial charge in [-0.15, -0.1) is 0 Å². The summed E-state index contributed by atoms with van der Waals surface area (Å²) in [4.78, 5) is 23.6. The first-order valence-electron chi connectivity index (χ1n) is 7.04. The van der Waals surface area contributed by atoms with Gasteiger partial charge in [0.2, 0.25) is 5.88 Å². The third-order valence-electron chi connectivity index (χ3n) is 3.63. The zero-order chi connectivity index (χ0) is 15.5. The van der Waals surface area contributed by atoms with E-state index in [1.807, 2.05) is 4.57 Å². The van der Waals surface area contributed by atoms with Crippen molar-refractivity contribution in [2.45, 2.75) is 36.9 Å². The van der Waals surface area contributed by atoms with Gasteiger partial charge in [0.05, 0.1) is 18.5 Å². The van der Waals surface area contributed by atoms with Gasteiger partial charge in [-0.05, 0) is 19.3 Å². The van der Waals surface area contributed by atoms with Gasteiger partial charge in [-0.3, -0.25) is 4.79 Å². The molecule has 3 rings (SSSR count). The van der Waals surface area contributed by atoms with Crippen molar-refractivity contribution < 1.29 is 9.47 Å². The number of imidazole rings is 1. The number of ether oxygens (including phenoxy) is 2. The molecule has 7 nitrogen and oxygen atoms in total. The first-order chi connectivity index (χ1) is 10.7. The molecule has 0 saturated heterocycles. The van der Waals surface area contributed by atoms with E-state index in [1.54, 1.807) is 20.5 Å². The number of methoxy groups -OCH3 is 2. The van der Waals surface area contributed by atoms with Crippen LogP contribution in [0, 0.1) is 0 Å². The van der Waals surface area contributed by atoms with E-state index in [9.17, 15) is 4.79 Å². The van der Waals surface area contributed by atoms with Gasteiger partial charge in [0, 0.05) is 18.4 Å². The third-order valence-corrected chi connectivity index (χ3v) is 4.52. The lowest BCUT2D eigenvalue weighted by atomic mass is 10.3. The molecule has 0 fully saturated rings. The van der Waals surface area contributed by atoms with Gasteiger partial charge in [0.1, 0.15) is 13.1 Å². The van der Waals surface area contributed by atoms with E-state index in [4.69, 9.17) is 9.47 Å². The average Bonchev–Trinajstić information content (AvgIpc) is 3.12. The Morgan fingerprint density at radius 1 is 1.41 bits per heavy atom. The molecule has 0 amide bonds. The van der Waals surface area contributed by atoms with Gasteiger partial charge in [0.15, 0.2) is 5.16 Å². The number of aromatic amines is 1. The van der Waals surface area contributed by atoms with E-state index in [2.05, 4.69) is 15.0 Å². The van der Waals surface area contributed by atoms with Crippen molar-refractivity contribution in [1.82, 2.24) is 19.5 Å². The second-order valence-corrected chi connectivity index (χ2v) is 5.99. The number of hydrogen-bond acceptors (Lipinski definition) is 6. The van der Waals surface area contributed by atoms with Gasteiger partial charge < -0.3 is 19.0 Å². The Kier molecular flexibility index (Phi) is 4.49. The second-order valence-electron chi connectivity index (χ2n) is 5.03. The second kappa shape index (κ2) is 6.53. The summed E-state index contributed by atoms with van der Waals surface area (Å²) < 4.78 is 12.3. The summed E-state index contributed by atoms with van der Waals surface area (Å²) in [5.74, 6) is 1.15. The lowest BCUT2D eigenvalue weighted by Gasteiger charge is -2.08. The van der Waals surface area contributed by atoms with Crippen molar-refractivity contribution >= 4 is 11.8 Å². The summed E-state index contributed by atoms with van der Waals surface area (Å²) in [5.41, 5.74) is 2.66. The maximum absolute atomic E-state index is 12.0. The Bertz CT molecular complexity index is 725. The SMILES string of the molecule is COCn1cnc(OC)c1CSc1nc2c(c(=O)[nH]1)CCC2. The molecule has 0 radical (unpaired) electrons. The van der Waals surface area contributed by atoms with Gasteiger partial charge in [-0.25, -0.2) is 9.97 Å². The Labute approximate surface area is 132 Å². The minimum atomic E-state index is -0.0117. The van der Waals surface area contributed by atoms with Gasteiger partial charge in [-0.1, -0.05) is 11.8 Å². The minimum Gasteiger partial charge on any atom is -0.480 e. The van der Waals surface area contributed by atoms with Crippen LogP contribution in [0.15, 0.2) is 16.3 Å². The van der Waals surface area contributed by atoms with E-state index in [0.29, 0.717) is 23.5 Å². The zero-order valence-electron chi connectivity index (χ0n) is 12.6. The van der Waals surface area contributed by atoms with E-state index in [1.165, 1.54) is 11.8 Å². The van der Waals surface area contributed by atoms with Crippen molar-refractivity contribution in [3.8, 4) is 5.88 Å². The molecule has 1 N–H and O–H groups in total. The maximum atomic E-state index is 12.0. The van der Waals surface area contributed by atoms with Crippen molar-refractivity contribution in [3.05, 3.63) is 33.6 Å². The maximum Gasteiger partial charge on any atom is 0.254 e. The smallest absolute Gasteiger partial charge is 0.254 e. The molecule has 1 aliphatic rings. The molecular formula is C14H18N4O3S. The van der Waals surface area contributed by atoms with Crippen LogP contribution in [0.25, 0.3) is 0 Å². The molecule has 0 aromatic carbocycles. The number of nitrogens with zero attached hydrogens (tertiary/aromatic N) is 3. The van der Waals surface area contributed by atoms with Crippen molar-refractivity contribution in [3.63, 3.8) is 0 Å². The van der Waals surface area contributed by atoms with E-state index >= 15 is 0 Å². The van der Waals surface area contributed by atoms with Crippen molar-refractivity contribution in [2.24, 2.45) is 0 Å². The average molecular weight is 322 g/mol. The molecular weight excluding hydrogens is 304 g/mol. The van der Waals surface area contributed by atoms with Gasteiger partial charge >= 0.3 is 0 Å². The highest BCUT2D eigenvalue weighted by Crippen LogP contribution is 2.26. The number of aryl methyl sites for hydroxylation is 1. The molecule has 0 bridgehead atoms. The summed E-state index contributed by atoms with van der Waals surface area (Å²) in [6.45, 7) is 0.403. The lowest BCUT2D eigenvalue weighted by Crippen LogP contribution is -2.15. The molecule has 0 atom stereocenters. The van der Waals surface area contributed by atoms with Crippen LogP contribution < -0.4 is 10.3 Å². The van der Waals surface area contributed by atoms with E-state index in [0.717, 1.165) is 36.2 Å². The highest BCUT2D eigenvalue weighted by atomic mass is 32.2. The highest BCUT2D eigenvalue weighted by Gasteiger charge is 2.18. The van der Waals surface area contributed by atoms with Crippen LogP contribution in [0.1, 0.15) is 23.4 Å². The standard InChI is InChI=1S/C14H18N4O3S/c1-20-8-18-7-15-13(21-2)11(18)6-22-14-16-10-5-3-4-9(10)12(19)17-14/h7H,3-6,8H2,1-2H3,(H,16,17,19). The fraction of sp³-hybridized carbons (Fsp3) is 0.500. The monoisotopic (exact) mass is 322 g/mol. The molecule has 22 heavy (non-hydrogen) atoms. The molecule has 2 aromatic rings. The van der Waals surface area contributed by atoms with E-state index in [-0.39, 0.29) is 5.56 Å². The normalized spacial score (nSPS) is 13.4. The quantitative estimate of drug-likeness (QED) is 0.639. The number of H-pyrrole nitrogens is 1. The highest BCUT2D eigenvalue weighted by molar-refractivity contribution is 7.98. The Hall–Kier alpha value is -1.80. The molecule has 0 unspecified atom stereocenters. The number of nitrogens with one attached hydrogen (secondary N) is 1. The summed E-state index contributed by atoms with van der Waals surface area (Å²) >= 11 is 1.46. The molecule has 0 spiro atoms. The first kappa shape index (κ1) is 15.1. The number of aromatic nitrogens is 4. The van der Waals surface area contributed by atoms with Crippen LogP contribution in [0.2, 0.25) is 0 Å². The first-order valence-corrected chi connectivity index (χ1v) is 8.03. The van der Waals surface area contributed by atoms with Crippen molar-refractivity contribution in [2.75, 3.05) is 14.2 Å². The predicted molar refractivity (Wildman–Crippen MR) is 82.2 cm³/mol. The van der Waals surface area contributed by atoms with Crippen LogP contribution in [0.4, 0.5) is 0 Å². The largest absolute Gasteiger partial charge is 0.480 e. The van der Waals surface area contributed by atoms with Gasteiger partial charge in [0.25, 0.3) is 5.56 Å². The molecule has 118 valence electrons. The van der Waals surface area contributed by atoms with E-state index < -0.39 is 0 Å². The Balaban J connectivity index is 1.79. The molecule has 0 saturated carbocycles. The number of fused-ring (bicyclic) bond motifs is 1. The lowest BCUT2D eigenvalue weighted by molar-refractivity contribution is 0.129. The fourth-order valence-corrected chi connectivity index (χ4v) is 3.48.